The normalized spacial score (nSPS) is 18.0. The van der Waals surface area contributed by atoms with E-state index in [0.717, 1.165) is 68.6 Å². The number of carbonyl (C=O) groups excluding carboxylic acids is 1. The molecule has 2 saturated heterocycles. The van der Waals surface area contributed by atoms with Crippen molar-refractivity contribution < 1.29 is 9.21 Å². The maximum absolute atomic E-state index is 12.9. The molecule has 0 saturated carbocycles. The second-order valence-electron chi connectivity index (χ2n) is 8.65. The highest BCUT2D eigenvalue weighted by Crippen LogP contribution is 2.27. The molecule has 0 bridgehead atoms. The fourth-order valence-electron chi connectivity index (χ4n) is 4.68. The lowest BCUT2D eigenvalue weighted by molar-refractivity contribution is -0.126. The summed E-state index contributed by atoms with van der Waals surface area (Å²) in [6.45, 7) is 3.38. The number of para-hydroxylation sites is 2. The lowest BCUT2D eigenvalue weighted by Crippen LogP contribution is -2.48. The van der Waals surface area contributed by atoms with Crippen LogP contribution in [0.5, 0.6) is 0 Å². The van der Waals surface area contributed by atoms with E-state index in [1.54, 1.807) is 0 Å². The van der Waals surface area contributed by atoms with Crippen LogP contribution in [0.2, 0.25) is 0 Å². The van der Waals surface area contributed by atoms with E-state index in [1.165, 1.54) is 0 Å². The van der Waals surface area contributed by atoms with E-state index < -0.39 is 0 Å². The first kappa shape index (κ1) is 20.4. The van der Waals surface area contributed by atoms with Gasteiger partial charge in [-0.2, -0.15) is 10.2 Å². The Morgan fingerprint density at radius 1 is 0.969 bits per heavy atom. The second-order valence-corrected chi connectivity index (χ2v) is 8.65. The Morgan fingerprint density at radius 3 is 2.34 bits per heavy atom. The number of fused-ring (bicyclic) bond motifs is 1. The Kier molecular flexibility index (Phi) is 5.68. The van der Waals surface area contributed by atoms with Crippen molar-refractivity contribution in [1.29, 1.82) is 5.26 Å². The molecule has 0 radical (unpaired) electrons. The Balaban J connectivity index is 1.09. The Labute approximate surface area is 187 Å². The molecular weight excluding hydrogens is 402 g/mol. The predicted molar refractivity (Wildman–Crippen MR) is 123 cm³/mol. The standard InChI is InChI=1S/C25H27N5O2/c26-17-18-5-7-21(8-6-18)29-15-11-20(12-16-29)27-24(31)19-9-13-30(14-10-19)25-28-22-3-1-2-4-23(22)32-25/h1-8,19-20H,9-16H2,(H,27,31). The molecule has 3 aromatic rings. The molecule has 2 fully saturated rings. The van der Waals surface area contributed by atoms with Gasteiger partial charge in [-0.3, -0.25) is 4.79 Å². The van der Waals surface area contributed by atoms with Crippen molar-refractivity contribution in [2.45, 2.75) is 31.7 Å². The summed E-state index contributed by atoms with van der Waals surface area (Å²) in [6.07, 6.45) is 3.50. The van der Waals surface area contributed by atoms with Gasteiger partial charge in [0.15, 0.2) is 5.58 Å². The average Bonchev–Trinajstić information content (AvgIpc) is 3.29. The number of hydrogen-bond donors (Lipinski definition) is 1. The molecule has 164 valence electrons. The van der Waals surface area contributed by atoms with Crippen LogP contribution < -0.4 is 15.1 Å². The van der Waals surface area contributed by atoms with Gasteiger partial charge in [-0.25, -0.2) is 0 Å². The van der Waals surface area contributed by atoms with Gasteiger partial charge in [0.25, 0.3) is 6.01 Å². The first-order valence-electron chi connectivity index (χ1n) is 11.4. The highest BCUT2D eigenvalue weighted by molar-refractivity contribution is 5.79. The molecule has 0 atom stereocenters. The minimum Gasteiger partial charge on any atom is -0.423 e. The van der Waals surface area contributed by atoms with Crippen molar-refractivity contribution in [1.82, 2.24) is 10.3 Å². The molecule has 0 spiro atoms. The number of benzene rings is 2. The van der Waals surface area contributed by atoms with E-state index in [4.69, 9.17) is 9.68 Å². The quantitative estimate of drug-likeness (QED) is 0.681. The number of rotatable bonds is 4. The highest BCUT2D eigenvalue weighted by atomic mass is 16.4. The maximum atomic E-state index is 12.9. The van der Waals surface area contributed by atoms with E-state index in [-0.39, 0.29) is 17.9 Å². The van der Waals surface area contributed by atoms with Gasteiger partial charge in [-0.1, -0.05) is 12.1 Å². The summed E-state index contributed by atoms with van der Waals surface area (Å²) in [7, 11) is 0. The highest BCUT2D eigenvalue weighted by Gasteiger charge is 2.29. The van der Waals surface area contributed by atoms with Crippen LogP contribution in [0, 0.1) is 17.2 Å². The maximum Gasteiger partial charge on any atom is 0.298 e. The van der Waals surface area contributed by atoms with Gasteiger partial charge >= 0.3 is 0 Å². The van der Waals surface area contributed by atoms with Gasteiger partial charge in [0, 0.05) is 43.8 Å². The third-order valence-electron chi connectivity index (χ3n) is 6.62. The van der Waals surface area contributed by atoms with Gasteiger partial charge in [0.05, 0.1) is 11.6 Å². The lowest BCUT2D eigenvalue weighted by Gasteiger charge is -2.35. The van der Waals surface area contributed by atoms with Crippen LogP contribution >= 0.6 is 0 Å². The molecular formula is C25H27N5O2. The molecule has 3 heterocycles. The zero-order valence-corrected chi connectivity index (χ0v) is 18.0. The summed E-state index contributed by atoms with van der Waals surface area (Å²) in [5.74, 6) is 0.228. The predicted octanol–water partition coefficient (Wildman–Crippen LogP) is 3.70. The number of amides is 1. The van der Waals surface area contributed by atoms with Gasteiger partial charge in [0.1, 0.15) is 5.52 Å². The van der Waals surface area contributed by atoms with Crippen LogP contribution in [0.15, 0.2) is 52.9 Å². The summed E-state index contributed by atoms with van der Waals surface area (Å²) in [6, 6.07) is 18.5. The first-order valence-corrected chi connectivity index (χ1v) is 11.4. The minimum absolute atomic E-state index is 0.0483. The third-order valence-corrected chi connectivity index (χ3v) is 6.62. The van der Waals surface area contributed by atoms with E-state index in [9.17, 15) is 4.79 Å². The van der Waals surface area contributed by atoms with Crippen molar-refractivity contribution >= 4 is 28.7 Å². The Morgan fingerprint density at radius 2 is 1.66 bits per heavy atom. The zero-order chi connectivity index (χ0) is 21.9. The summed E-state index contributed by atoms with van der Waals surface area (Å²) in [4.78, 5) is 21.9. The molecule has 5 rings (SSSR count). The molecule has 7 heteroatoms. The smallest absolute Gasteiger partial charge is 0.298 e. The molecule has 2 aromatic carbocycles. The average molecular weight is 430 g/mol. The van der Waals surface area contributed by atoms with E-state index in [0.29, 0.717) is 11.6 Å². The van der Waals surface area contributed by atoms with Crippen LogP contribution in [0.4, 0.5) is 11.7 Å². The number of nitrogens with zero attached hydrogens (tertiary/aromatic N) is 4. The van der Waals surface area contributed by atoms with E-state index >= 15 is 0 Å². The van der Waals surface area contributed by atoms with Crippen LogP contribution in [0.1, 0.15) is 31.2 Å². The van der Waals surface area contributed by atoms with Crippen LogP contribution in [0.25, 0.3) is 11.1 Å². The van der Waals surface area contributed by atoms with Gasteiger partial charge < -0.3 is 19.5 Å². The van der Waals surface area contributed by atoms with Gasteiger partial charge in [-0.15, -0.1) is 0 Å². The first-order chi connectivity index (χ1) is 15.7. The van der Waals surface area contributed by atoms with E-state index in [1.807, 2.05) is 48.5 Å². The van der Waals surface area contributed by atoms with Crippen molar-refractivity contribution in [3.05, 3.63) is 54.1 Å². The van der Waals surface area contributed by atoms with Crippen LogP contribution in [-0.4, -0.2) is 43.1 Å². The minimum atomic E-state index is 0.0483. The number of oxazole rings is 1. The molecule has 2 aliphatic rings. The number of aromatic nitrogens is 1. The summed E-state index contributed by atoms with van der Waals surface area (Å²) in [5, 5.41) is 12.2. The van der Waals surface area contributed by atoms with E-state index in [2.05, 4.69) is 26.2 Å². The third kappa shape index (κ3) is 4.26. The summed E-state index contributed by atoms with van der Waals surface area (Å²) in [5.41, 5.74) is 3.49. The van der Waals surface area contributed by atoms with Gasteiger partial charge in [-0.05, 0) is 62.1 Å². The van der Waals surface area contributed by atoms with Crippen molar-refractivity contribution in [2.75, 3.05) is 36.0 Å². The summed E-state index contributed by atoms with van der Waals surface area (Å²) >= 11 is 0. The number of anilines is 2. The Bertz CT molecular complexity index is 1080. The molecule has 1 N–H and O–H groups in total. The summed E-state index contributed by atoms with van der Waals surface area (Å²) < 4.78 is 5.88. The van der Waals surface area contributed by atoms with Crippen molar-refractivity contribution in [3.63, 3.8) is 0 Å². The number of nitrogens with one attached hydrogen (secondary N) is 1. The molecule has 0 aliphatic carbocycles. The monoisotopic (exact) mass is 429 g/mol. The number of carbonyl (C=O) groups is 1. The number of hydrogen-bond acceptors (Lipinski definition) is 6. The Hall–Kier alpha value is -3.53. The SMILES string of the molecule is N#Cc1ccc(N2CCC(NC(=O)C3CCN(c4nc5ccccc5o4)CC3)CC2)cc1. The van der Waals surface area contributed by atoms with Crippen LogP contribution in [-0.2, 0) is 4.79 Å². The molecule has 1 aromatic heterocycles. The van der Waals surface area contributed by atoms with Gasteiger partial charge in [0.2, 0.25) is 5.91 Å². The van der Waals surface area contributed by atoms with Crippen molar-refractivity contribution in [3.8, 4) is 6.07 Å². The molecule has 1 amide bonds. The van der Waals surface area contributed by atoms with Crippen LogP contribution in [0.3, 0.4) is 0 Å². The number of nitriles is 1. The number of piperidine rings is 2. The fraction of sp³-hybridized carbons (Fsp3) is 0.400. The second kappa shape index (κ2) is 8.91. The molecule has 7 nitrogen and oxygen atoms in total. The largest absolute Gasteiger partial charge is 0.423 e. The topological polar surface area (TPSA) is 85.4 Å². The fourth-order valence-corrected chi connectivity index (χ4v) is 4.68. The molecule has 2 aliphatic heterocycles. The molecule has 0 unspecified atom stereocenters. The van der Waals surface area contributed by atoms with Crippen molar-refractivity contribution in [2.24, 2.45) is 5.92 Å². The lowest BCUT2D eigenvalue weighted by atomic mass is 9.95. The zero-order valence-electron chi connectivity index (χ0n) is 18.0. The molecule has 32 heavy (non-hydrogen) atoms.